The molecule has 0 aliphatic carbocycles. The zero-order valence-electron chi connectivity index (χ0n) is 8.16. The Labute approximate surface area is 88.7 Å². The van der Waals surface area contributed by atoms with Gasteiger partial charge in [-0.2, -0.15) is 0 Å². The van der Waals surface area contributed by atoms with Crippen molar-refractivity contribution in [2.75, 3.05) is 25.6 Å². The Morgan fingerprint density at radius 3 is 3.07 bits per heavy atom. The van der Waals surface area contributed by atoms with Crippen LogP contribution in [0.5, 0.6) is 0 Å². The summed E-state index contributed by atoms with van der Waals surface area (Å²) in [5.74, 6) is 0.694. The van der Waals surface area contributed by atoms with E-state index in [2.05, 4.69) is 15.3 Å². The molecule has 0 amide bonds. The summed E-state index contributed by atoms with van der Waals surface area (Å²) in [4.78, 5) is 7.81. The van der Waals surface area contributed by atoms with Crippen molar-refractivity contribution in [3.8, 4) is 0 Å². The summed E-state index contributed by atoms with van der Waals surface area (Å²) in [7, 11) is 1.70. The van der Waals surface area contributed by atoms with E-state index < -0.39 is 0 Å². The van der Waals surface area contributed by atoms with E-state index in [0.29, 0.717) is 10.8 Å². The largest absolute Gasteiger partial charge is 0.385 e. The van der Waals surface area contributed by atoms with Gasteiger partial charge in [0.05, 0.1) is 6.20 Å². The normalized spacial score (nSPS) is 10.1. The fourth-order valence-electron chi connectivity index (χ4n) is 1.02. The van der Waals surface area contributed by atoms with Crippen LogP contribution in [0.4, 0.5) is 5.82 Å². The molecule has 0 bridgehead atoms. The Morgan fingerprint density at radius 1 is 1.50 bits per heavy atom. The van der Waals surface area contributed by atoms with Gasteiger partial charge in [-0.05, 0) is 12.8 Å². The molecule has 14 heavy (non-hydrogen) atoms. The zero-order chi connectivity index (χ0) is 10.2. The van der Waals surface area contributed by atoms with Crippen molar-refractivity contribution < 1.29 is 4.74 Å². The highest BCUT2D eigenvalue weighted by molar-refractivity contribution is 6.32. The van der Waals surface area contributed by atoms with Gasteiger partial charge in [0.25, 0.3) is 0 Å². The summed E-state index contributed by atoms with van der Waals surface area (Å²) in [6.07, 6.45) is 5.12. The Hall–Kier alpha value is -0.870. The number of hydrogen-bond acceptors (Lipinski definition) is 4. The smallest absolute Gasteiger partial charge is 0.148 e. The van der Waals surface area contributed by atoms with Crippen molar-refractivity contribution in [1.82, 2.24) is 9.97 Å². The Balaban J connectivity index is 2.21. The van der Waals surface area contributed by atoms with Crippen LogP contribution in [0.25, 0.3) is 0 Å². The zero-order valence-corrected chi connectivity index (χ0v) is 8.92. The average Bonchev–Trinajstić information content (AvgIpc) is 2.20. The van der Waals surface area contributed by atoms with Gasteiger partial charge in [-0.1, -0.05) is 11.6 Å². The number of hydrogen-bond donors (Lipinski definition) is 1. The molecule has 78 valence electrons. The maximum atomic E-state index is 5.85. The van der Waals surface area contributed by atoms with Gasteiger partial charge < -0.3 is 10.1 Å². The van der Waals surface area contributed by atoms with Crippen molar-refractivity contribution >= 4 is 17.4 Å². The molecule has 1 heterocycles. The number of rotatable bonds is 6. The summed E-state index contributed by atoms with van der Waals surface area (Å²) in [5, 5.41) is 3.69. The third kappa shape index (κ3) is 3.89. The highest BCUT2D eigenvalue weighted by atomic mass is 35.5. The highest BCUT2D eigenvalue weighted by Gasteiger charge is 1.98. The fourth-order valence-corrected chi connectivity index (χ4v) is 1.19. The molecule has 0 aliphatic heterocycles. The monoisotopic (exact) mass is 215 g/mol. The van der Waals surface area contributed by atoms with Crippen LogP contribution in [-0.2, 0) is 4.74 Å². The maximum absolute atomic E-state index is 5.85. The molecule has 1 aromatic heterocycles. The van der Waals surface area contributed by atoms with Crippen LogP contribution in [0.1, 0.15) is 12.8 Å². The first kappa shape index (κ1) is 11.2. The van der Waals surface area contributed by atoms with Crippen molar-refractivity contribution in [2.45, 2.75) is 12.8 Å². The van der Waals surface area contributed by atoms with E-state index in [4.69, 9.17) is 16.3 Å². The van der Waals surface area contributed by atoms with Gasteiger partial charge in [0, 0.05) is 20.3 Å². The van der Waals surface area contributed by atoms with Gasteiger partial charge >= 0.3 is 0 Å². The number of halogens is 1. The molecule has 1 N–H and O–H groups in total. The lowest BCUT2D eigenvalue weighted by atomic mass is 10.3. The summed E-state index contributed by atoms with van der Waals surface area (Å²) >= 11 is 5.85. The summed E-state index contributed by atoms with van der Waals surface area (Å²) in [5.41, 5.74) is 0. The first-order chi connectivity index (χ1) is 6.84. The molecule has 0 saturated heterocycles. The highest BCUT2D eigenvalue weighted by Crippen LogP contribution is 2.15. The number of unbranched alkanes of at least 4 members (excludes halogenated alkanes) is 1. The van der Waals surface area contributed by atoms with Crippen molar-refractivity contribution in [3.05, 3.63) is 17.5 Å². The second-order valence-electron chi connectivity index (χ2n) is 2.85. The summed E-state index contributed by atoms with van der Waals surface area (Å²) < 4.78 is 4.94. The fraction of sp³-hybridized carbons (Fsp3) is 0.556. The van der Waals surface area contributed by atoms with Crippen LogP contribution in [0.3, 0.4) is 0 Å². The first-order valence-corrected chi connectivity index (χ1v) is 4.90. The molecule has 0 radical (unpaired) electrons. The van der Waals surface area contributed by atoms with E-state index in [1.807, 2.05) is 0 Å². The Morgan fingerprint density at radius 2 is 2.36 bits per heavy atom. The molecule has 0 atom stereocenters. The third-order valence-corrected chi connectivity index (χ3v) is 2.01. The molecule has 0 spiro atoms. The quantitative estimate of drug-likeness (QED) is 0.738. The lowest BCUT2D eigenvalue weighted by molar-refractivity contribution is 0.194. The molecule has 0 saturated carbocycles. The molecule has 1 aromatic rings. The van der Waals surface area contributed by atoms with Crippen LogP contribution < -0.4 is 5.32 Å². The van der Waals surface area contributed by atoms with Gasteiger partial charge in [0.2, 0.25) is 0 Å². The second kappa shape index (κ2) is 6.56. The number of nitrogens with one attached hydrogen (secondary N) is 1. The third-order valence-electron chi connectivity index (χ3n) is 1.74. The number of ether oxygens (including phenoxy) is 1. The maximum Gasteiger partial charge on any atom is 0.148 e. The summed E-state index contributed by atoms with van der Waals surface area (Å²) in [6, 6.07) is 0. The minimum Gasteiger partial charge on any atom is -0.385 e. The minimum atomic E-state index is 0.555. The Kier molecular flexibility index (Phi) is 5.25. The van der Waals surface area contributed by atoms with E-state index >= 15 is 0 Å². The molecular formula is C9H14ClN3O. The SMILES string of the molecule is COCCCCNc1ncncc1Cl. The number of methoxy groups -OCH3 is 1. The van der Waals surface area contributed by atoms with Crippen LogP contribution >= 0.6 is 11.6 Å². The predicted molar refractivity (Wildman–Crippen MR) is 56.6 cm³/mol. The van der Waals surface area contributed by atoms with E-state index in [-0.39, 0.29) is 0 Å². The van der Waals surface area contributed by atoms with Crippen LogP contribution in [0.2, 0.25) is 5.02 Å². The predicted octanol–water partition coefficient (Wildman–Crippen LogP) is 1.97. The van der Waals surface area contributed by atoms with Crippen LogP contribution in [-0.4, -0.2) is 30.2 Å². The lowest BCUT2D eigenvalue weighted by Gasteiger charge is -2.05. The molecule has 0 aromatic carbocycles. The van der Waals surface area contributed by atoms with Crippen molar-refractivity contribution in [2.24, 2.45) is 0 Å². The number of nitrogens with zero attached hydrogens (tertiary/aromatic N) is 2. The van der Waals surface area contributed by atoms with E-state index in [0.717, 1.165) is 26.0 Å². The standard InChI is InChI=1S/C9H14ClN3O/c1-14-5-3-2-4-12-9-8(10)6-11-7-13-9/h6-7H,2-5H2,1H3,(H,11,12,13). The van der Waals surface area contributed by atoms with Crippen molar-refractivity contribution in [3.63, 3.8) is 0 Å². The van der Waals surface area contributed by atoms with Gasteiger partial charge in [-0.15, -0.1) is 0 Å². The molecule has 0 fully saturated rings. The van der Waals surface area contributed by atoms with Gasteiger partial charge in [0.1, 0.15) is 17.2 Å². The second-order valence-corrected chi connectivity index (χ2v) is 3.25. The van der Waals surface area contributed by atoms with E-state index in [9.17, 15) is 0 Å². The Bertz CT molecular complexity index is 270. The molecule has 0 unspecified atom stereocenters. The molecule has 1 rings (SSSR count). The summed E-state index contributed by atoms with van der Waals surface area (Å²) in [6.45, 7) is 1.64. The molecule has 0 aliphatic rings. The number of anilines is 1. The van der Waals surface area contributed by atoms with Crippen molar-refractivity contribution in [1.29, 1.82) is 0 Å². The number of aromatic nitrogens is 2. The average molecular weight is 216 g/mol. The van der Waals surface area contributed by atoms with E-state index in [1.54, 1.807) is 13.3 Å². The van der Waals surface area contributed by atoms with Gasteiger partial charge in [-0.3, -0.25) is 0 Å². The lowest BCUT2D eigenvalue weighted by Crippen LogP contribution is -2.05. The van der Waals surface area contributed by atoms with Crippen LogP contribution in [0.15, 0.2) is 12.5 Å². The van der Waals surface area contributed by atoms with E-state index in [1.165, 1.54) is 6.33 Å². The topological polar surface area (TPSA) is 47.0 Å². The molecular weight excluding hydrogens is 202 g/mol. The first-order valence-electron chi connectivity index (χ1n) is 4.53. The molecule has 5 heteroatoms. The van der Waals surface area contributed by atoms with Gasteiger partial charge in [-0.25, -0.2) is 9.97 Å². The van der Waals surface area contributed by atoms with Gasteiger partial charge in [0.15, 0.2) is 0 Å². The molecule has 4 nitrogen and oxygen atoms in total. The minimum absolute atomic E-state index is 0.555. The van der Waals surface area contributed by atoms with Crippen LogP contribution in [0, 0.1) is 0 Å².